The number of nitrogens with zero attached hydrogens (tertiary/aromatic N) is 1. The molecule has 7 heteroatoms. The molecule has 2 rings (SSSR count). The Morgan fingerprint density at radius 3 is 2.54 bits per heavy atom. The number of nitrogens with two attached hydrogens (primary N) is 1. The molecule has 1 aromatic carbocycles. The van der Waals surface area contributed by atoms with E-state index in [4.69, 9.17) is 5.73 Å². The van der Waals surface area contributed by atoms with Crippen molar-refractivity contribution in [3.8, 4) is 0 Å². The van der Waals surface area contributed by atoms with Crippen LogP contribution in [0.2, 0.25) is 0 Å². The fourth-order valence-corrected chi connectivity index (χ4v) is 2.57. The average Bonchev–Trinajstić information content (AvgIpc) is 2.90. The number of halogens is 2. The van der Waals surface area contributed by atoms with Crippen LogP contribution in [0.4, 0.5) is 0 Å². The number of hydrogen-bond donors (Lipinski definition) is 3. The molecule has 0 radical (unpaired) electrons. The van der Waals surface area contributed by atoms with Gasteiger partial charge in [-0.15, -0.1) is 24.8 Å². The van der Waals surface area contributed by atoms with Gasteiger partial charge in [0.1, 0.15) is 5.82 Å². The average molecular weight is 375 g/mol. The normalized spacial score (nSPS) is 13.0. The molecule has 0 bridgehead atoms. The standard InChI is InChI=1S/C17H26N4O.2ClH/c1-4-7-12(18)17(22)21-15(10-11(2)3)16-19-13-8-5-6-9-14(13)20-16;;/h5-6,8-9,11-12,15H,4,7,10,18H2,1-3H3,(H,19,20)(H,21,22);2*1H. The molecule has 1 aromatic heterocycles. The third-order valence-electron chi connectivity index (χ3n) is 3.70. The van der Waals surface area contributed by atoms with E-state index in [1.165, 1.54) is 0 Å². The summed E-state index contributed by atoms with van der Waals surface area (Å²) in [5.74, 6) is 1.14. The highest BCUT2D eigenvalue weighted by molar-refractivity contribution is 5.85. The fourth-order valence-electron chi connectivity index (χ4n) is 2.57. The van der Waals surface area contributed by atoms with Gasteiger partial charge in [-0.1, -0.05) is 39.3 Å². The van der Waals surface area contributed by atoms with Gasteiger partial charge in [0.25, 0.3) is 0 Å². The lowest BCUT2D eigenvalue weighted by molar-refractivity contribution is -0.123. The Morgan fingerprint density at radius 1 is 1.29 bits per heavy atom. The Balaban J connectivity index is 0.00000264. The van der Waals surface area contributed by atoms with Gasteiger partial charge in [0.05, 0.1) is 23.1 Å². The van der Waals surface area contributed by atoms with E-state index in [0.29, 0.717) is 12.3 Å². The highest BCUT2D eigenvalue weighted by Crippen LogP contribution is 2.22. The third kappa shape index (κ3) is 5.96. The molecule has 2 unspecified atom stereocenters. The van der Waals surface area contributed by atoms with Gasteiger partial charge in [0.2, 0.25) is 5.91 Å². The molecule has 2 atom stereocenters. The second kappa shape index (κ2) is 10.5. The van der Waals surface area contributed by atoms with Crippen molar-refractivity contribution in [1.82, 2.24) is 15.3 Å². The second-order valence-electron chi connectivity index (χ2n) is 6.23. The first-order valence-corrected chi connectivity index (χ1v) is 8.01. The van der Waals surface area contributed by atoms with E-state index in [1.54, 1.807) is 0 Å². The number of nitrogens with one attached hydrogen (secondary N) is 2. The van der Waals surface area contributed by atoms with Crippen LogP contribution in [0.5, 0.6) is 0 Å². The largest absolute Gasteiger partial charge is 0.345 e. The summed E-state index contributed by atoms with van der Waals surface area (Å²) in [6, 6.07) is 7.29. The van der Waals surface area contributed by atoms with Crippen LogP contribution < -0.4 is 11.1 Å². The zero-order valence-corrected chi connectivity index (χ0v) is 16.0. The molecule has 0 saturated heterocycles. The maximum absolute atomic E-state index is 12.2. The summed E-state index contributed by atoms with van der Waals surface area (Å²) >= 11 is 0. The molecule has 0 spiro atoms. The molecule has 2 aromatic rings. The van der Waals surface area contributed by atoms with Crippen molar-refractivity contribution in [3.63, 3.8) is 0 Å². The molecule has 0 aliphatic heterocycles. The fraction of sp³-hybridized carbons (Fsp3) is 0.529. The van der Waals surface area contributed by atoms with Gasteiger partial charge in [0.15, 0.2) is 0 Å². The number of H-pyrrole nitrogens is 1. The summed E-state index contributed by atoms with van der Waals surface area (Å²) in [5, 5.41) is 3.05. The number of fused-ring (bicyclic) bond motifs is 1. The number of hydrogen-bond acceptors (Lipinski definition) is 3. The first-order chi connectivity index (χ1) is 10.5. The molecule has 0 aliphatic carbocycles. The van der Waals surface area contributed by atoms with Crippen LogP contribution in [0, 0.1) is 5.92 Å². The minimum Gasteiger partial charge on any atom is -0.345 e. The number of rotatable bonds is 7. The Bertz CT molecular complexity index is 597. The first-order valence-electron chi connectivity index (χ1n) is 8.01. The number of benzene rings is 1. The van der Waals surface area contributed by atoms with Crippen LogP contribution in [0.15, 0.2) is 24.3 Å². The van der Waals surface area contributed by atoms with E-state index in [-0.39, 0.29) is 36.8 Å². The van der Waals surface area contributed by atoms with E-state index in [0.717, 1.165) is 29.7 Å². The van der Waals surface area contributed by atoms with Crippen molar-refractivity contribution in [2.45, 2.75) is 52.1 Å². The molecule has 1 heterocycles. The number of aromatic nitrogens is 2. The molecule has 5 nitrogen and oxygen atoms in total. The van der Waals surface area contributed by atoms with Gasteiger partial charge < -0.3 is 16.0 Å². The summed E-state index contributed by atoms with van der Waals surface area (Å²) in [6.45, 7) is 6.29. The van der Waals surface area contributed by atoms with Crippen LogP contribution >= 0.6 is 24.8 Å². The lowest BCUT2D eigenvalue weighted by atomic mass is 10.0. The number of amides is 1. The van der Waals surface area contributed by atoms with Gasteiger partial charge in [-0.05, 0) is 30.9 Å². The Labute approximate surface area is 156 Å². The van der Waals surface area contributed by atoms with Crippen LogP contribution in [0.3, 0.4) is 0 Å². The van der Waals surface area contributed by atoms with E-state index in [9.17, 15) is 4.79 Å². The predicted octanol–water partition coefficient (Wildman–Crippen LogP) is 3.74. The summed E-state index contributed by atoms with van der Waals surface area (Å²) in [5.41, 5.74) is 7.82. The molecule has 0 aliphatic rings. The molecule has 0 saturated carbocycles. The van der Waals surface area contributed by atoms with E-state index in [2.05, 4.69) is 29.1 Å². The van der Waals surface area contributed by atoms with Gasteiger partial charge in [0, 0.05) is 0 Å². The molecular weight excluding hydrogens is 347 g/mol. The van der Waals surface area contributed by atoms with Gasteiger partial charge in [-0.25, -0.2) is 4.98 Å². The number of para-hydroxylation sites is 2. The second-order valence-corrected chi connectivity index (χ2v) is 6.23. The SMILES string of the molecule is CCCC(N)C(=O)NC(CC(C)C)c1nc2ccccc2[nH]1.Cl.Cl. The van der Waals surface area contributed by atoms with Crippen LogP contribution in [-0.2, 0) is 4.79 Å². The van der Waals surface area contributed by atoms with Gasteiger partial charge >= 0.3 is 0 Å². The van der Waals surface area contributed by atoms with Crippen molar-refractivity contribution < 1.29 is 4.79 Å². The lowest BCUT2D eigenvalue weighted by Gasteiger charge is -2.21. The topological polar surface area (TPSA) is 83.8 Å². The zero-order chi connectivity index (χ0) is 16.1. The van der Waals surface area contributed by atoms with Crippen molar-refractivity contribution in [3.05, 3.63) is 30.1 Å². The Hall–Kier alpha value is -1.30. The highest BCUT2D eigenvalue weighted by atomic mass is 35.5. The molecule has 24 heavy (non-hydrogen) atoms. The molecule has 136 valence electrons. The summed E-state index contributed by atoms with van der Waals surface area (Å²) in [7, 11) is 0. The quantitative estimate of drug-likeness (QED) is 0.689. The van der Waals surface area contributed by atoms with E-state index in [1.807, 2.05) is 31.2 Å². The van der Waals surface area contributed by atoms with Crippen LogP contribution in [-0.4, -0.2) is 21.9 Å². The maximum Gasteiger partial charge on any atom is 0.237 e. The number of carbonyl (C=O) groups is 1. The van der Waals surface area contributed by atoms with E-state index >= 15 is 0 Å². The van der Waals surface area contributed by atoms with E-state index < -0.39 is 6.04 Å². The van der Waals surface area contributed by atoms with Crippen molar-refractivity contribution >= 4 is 41.8 Å². The van der Waals surface area contributed by atoms with Gasteiger partial charge in [-0.3, -0.25) is 4.79 Å². The van der Waals surface area contributed by atoms with Crippen LogP contribution in [0.1, 0.15) is 51.9 Å². The number of imidazole rings is 1. The van der Waals surface area contributed by atoms with Gasteiger partial charge in [-0.2, -0.15) is 0 Å². The first kappa shape index (κ1) is 22.7. The lowest BCUT2D eigenvalue weighted by Crippen LogP contribution is -2.42. The molecular formula is C17H28Cl2N4O. The highest BCUT2D eigenvalue weighted by Gasteiger charge is 2.22. The smallest absolute Gasteiger partial charge is 0.237 e. The molecule has 1 amide bonds. The monoisotopic (exact) mass is 374 g/mol. The summed E-state index contributed by atoms with van der Waals surface area (Å²) < 4.78 is 0. The number of carbonyl (C=O) groups excluding carboxylic acids is 1. The Morgan fingerprint density at radius 2 is 1.96 bits per heavy atom. The van der Waals surface area contributed by atoms with Crippen molar-refractivity contribution in [2.75, 3.05) is 0 Å². The summed E-state index contributed by atoms with van der Waals surface area (Å²) in [4.78, 5) is 20.2. The maximum atomic E-state index is 12.2. The Kier molecular flexibility index (Phi) is 9.97. The minimum atomic E-state index is -0.455. The zero-order valence-electron chi connectivity index (χ0n) is 14.4. The molecule has 4 N–H and O–H groups in total. The van der Waals surface area contributed by atoms with Crippen molar-refractivity contribution in [1.29, 1.82) is 0 Å². The van der Waals surface area contributed by atoms with Crippen LogP contribution in [0.25, 0.3) is 11.0 Å². The third-order valence-corrected chi connectivity index (χ3v) is 3.70. The predicted molar refractivity (Wildman–Crippen MR) is 104 cm³/mol. The van der Waals surface area contributed by atoms with Crippen molar-refractivity contribution in [2.24, 2.45) is 11.7 Å². The number of aromatic amines is 1. The summed E-state index contributed by atoms with van der Waals surface area (Å²) in [6.07, 6.45) is 2.42. The molecule has 0 fully saturated rings. The minimum absolute atomic E-state index is 0.